The average Bonchev–Trinajstić information content (AvgIpc) is 3.13. The lowest BCUT2D eigenvalue weighted by Gasteiger charge is -2.31. The lowest BCUT2D eigenvalue weighted by Crippen LogP contribution is -2.41. The van der Waals surface area contributed by atoms with Gasteiger partial charge in [-0.1, -0.05) is 37.5 Å². The third kappa shape index (κ3) is 4.39. The molecule has 1 aromatic carbocycles. The maximum Gasteiger partial charge on any atom is 0.266 e. The standard InChI is InChI=1S/C23H26N4O3S/c1-15-19-22(31-20(15)21(29)25-16-9-5-3-6-10-16)24-14-27(23(19)30)13-18(28)26(2)17-11-7-4-8-12-17/h3,5-6,9-10,14,17H,4,7-8,11-13H2,1-2H3,(H,25,29). The largest absolute Gasteiger partial charge is 0.341 e. The number of amides is 2. The van der Waals surface area contributed by atoms with Gasteiger partial charge in [0.25, 0.3) is 11.5 Å². The molecule has 8 heteroatoms. The molecule has 0 saturated heterocycles. The highest BCUT2D eigenvalue weighted by molar-refractivity contribution is 7.20. The first kappa shape index (κ1) is 21.2. The topological polar surface area (TPSA) is 84.3 Å². The molecule has 0 spiro atoms. The summed E-state index contributed by atoms with van der Waals surface area (Å²) >= 11 is 1.19. The van der Waals surface area contributed by atoms with Gasteiger partial charge in [0.1, 0.15) is 11.4 Å². The molecule has 2 amide bonds. The Balaban J connectivity index is 1.57. The number of benzene rings is 1. The molecule has 2 aromatic heterocycles. The third-order valence-corrected chi connectivity index (χ3v) is 7.18. The van der Waals surface area contributed by atoms with E-state index in [4.69, 9.17) is 0 Å². The van der Waals surface area contributed by atoms with E-state index in [0.29, 0.717) is 26.3 Å². The van der Waals surface area contributed by atoms with E-state index in [9.17, 15) is 14.4 Å². The van der Waals surface area contributed by atoms with Crippen molar-refractivity contribution >= 4 is 39.1 Å². The van der Waals surface area contributed by atoms with E-state index in [-0.39, 0.29) is 30.0 Å². The zero-order valence-corrected chi connectivity index (χ0v) is 18.6. The van der Waals surface area contributed by atoms with Gasteiger partial charge < -0.3 is 10.2 Å². The number of fused-ring (bicyclic) bond motifs is 1. The fourth-order valence-corrected chi connectivity index (χ4v) is 5.16. The van der Waals surface area contributed by atoms with Crippen LogP contribution < -0.4 is 10.9 Å². The maximum atomic E-state index is 13.1. The first-order valence-corrected chi connectivity index (χ1v) is 11.4. The average molecular weight is 439 g/mol. The summed E-state index contributed by atoms with van der Waals surface area (Å²) < 4.78 is 1.35. The molecule has 0 unspecified atom stereocenters. The van der Waals surface area contributed by atoms with Gasteiger partial charge >= 0.3 is 0 Å². The highest BCUT2D eigenvalue weighted by Crippen LogP contribution is 2.28. The van der Waals surface area contributed by atoms with Crippen LogP contribution in [-0.4, -0.2) is 39.4 Å². The summed E-state index contributed by atoms with van der Waals surface area (Å²) in [6.45, 7) is 1.71. The molecule has 0 radical (unpaired) electrons. The molecule has 7 nitrogen and oxygen atoms in total. The van der Waals surface area contributed by atoms with Crippen LogP contribution in [0.5, 0.6) is 0 Å². The number of carbonyl (C=O) groups excluding carboxylic acids is 2. The van der Waals surface area contributed by atoms with Gasteiger partial charge in [0.2, 0.25) is 5.91 Å². The number of para-hydroxylation sites is 1. The van der Waals surface area contributed by atoms with Crippen LogP contribution in [0.3, 0.4) is 0 Å². The first-order valence-electron chi connectivity index (χ1n) is 10.6. The van der Waals surface area contributed by atoms with E-state index in [0.717, 1.165) is 25.7 Å². The van der Waals surface area contributed by atoms with Crippen molar-refractivity contribution in [1.82, 2.24) is 14.5 Å². The van der Waals surface area contributed by atoms with Crippen molar-refractivity contribution in [1.29, 1.82) is 0 Å². The molecular weight excluding hydrogens is 412 g/mol. The highest BCUT2D eigenvalue weighted by atomic mass is 32.1. The molecule has 0 atom stereocenters. The van der Waals surface area contributed by atoms with Gasteiger partial charge in [-0.2, -0.15) is 0 Å². The van der Waals surface area contributed by atoms with Gasteiger partial charge in [-0.15, -0.1) is 11.3 Å². The second-order valence-electron chi connectivity index (χ2n) is 8.03. The highest BCUT2D eigenvalue weighted by Gasteiger charge is 2.24. The smallest absolute Gasteiger partial charge is 0.266 e. The van der Waals surface area contributed by atoms with Crippen molar-refractivity contribution in [3.05, 3.63) is 57.5 Å². The van der Waals surface area contributed by atoms with E-state index in [1.54, 1.807) is 24.0 Å². The number of thiophene rings is 1. The van der Waals surface area contributed by atoms with Crippen molar-refractivity contribution in [3.8, 4) is 0 Å². The number of anilines is 1. The number of aryl methyl sites for hydroxylation is 1. The van der Waals surface area contributed by atoms with Gasteiger partial charge in [0.15, 0.2) is 0 Å². The summed E-state index contributed by atoms with van der Waals surface area (Å²) in [4.78, 5) is 45.7. The lowest BCUT2D eigenvalue weighted by molar-refractivity contribution is -0.133. The number of carbonyl (C=O) groups is 2. The summed E-state index contributed by atoms with van der Waals surface area (Å²) in [5.74, 6) is -0.365. The second-order valence-corrected chi connectivity index (χ2v) is 9.03. The number of aromatic nitrogens is 2. The molecule has 0 aliphatic heterocycles. The van der Waals surface area contributed by atoms with Crippen molar-refractivity contribution in [3.63, 3.8) is 0 Å². The second kappa shape index (κ2) is 9.01. The normalized spacial score (nSPS) is 14.5. The van der Waals surface area contributed by atoms with E-state index in [1.807, 2.05) is 25.2 Å². The van der Waals surface area contributed by atoms with Crippen LogP contribution in [0.1, 0.15) is 47.3 Å². The number of nitrogens with zero attached hydrogens (tertiary/aromatic N) is 3. The molecular formula is C23H26N4O3S. The molecule has 1 fully saturated rings. The Hall–Kier alpha value is -3.00. The minimum atomic E-state index is -0.289. The van der Waals surface area contributed by atoms with E-state index in [1.165, 1.54) is 28.7 Å². The zero-order valence-electron chi connectivity index (χ0n) is 17.8. The van der Waals surface area contributed by atoms with Crippen LogP contribution in [-0.2, 0) is 11.3 Å². The monoisotopic (exact) mass is 438 g/mol. The van der Waals surface area contributed by atoms with Crippen LogP contribution in [0.2, 0.25) is 0 Å². The fourth-order valence-electron chi connectivity index (χ4n) is 4.13. The predicted octanol–water partition coefficient (Wildman–Crippen LogP) is 3.81. The Morgan fingerprint density at radius 1 is 1.19 bits per heavy atom. The van der Waals surface area contributed by atoms with Gasteiger partial charge in [-0.25, -0.2) is 4.98 Å². The quantitative estimate of drug-likeness (QED) is 0.657. The lowest BCUT2D eigenvalue weighted by atomic mass is 9.94. The summed E-state index contributed by atoms with van der Waals surface area (Å²) in [6, 6.07) is 9.41. The zero-order chi connectivity index (χ0) is 22.0. The van der Waals surface area contributed by atoms with Crippen LogP contribution >= 0.6 is 11.3 Å². The Morgan fingerprint density at radius 3 is 2.61 bits per heavy atom. The molecule has 1 saturated carbocycles. The minimum absolute atomic E-state index is 0.0460. The molecule has 162 valence electrons. The molecule has 1 aliphatic carbocycles. The number of hydrogen-bond acceptors (Lipinski definition) is 5. The van der Waals surface area contributed by atoms with Crippen LogP contribution in [0.15, 0.2) is 41.5 Å². The molecule has 2 heterocycles. The van der Waals surface area contributed by atoms with E-state index < -0.39 is 0 Å². The number of rotatable bonds is 5. The Bertz CT molecular complexity index is 1160. The SMILES string of the molecule is Cc1c(C(=O)Nc2ccccc2)sc2ncn(CC(=O)N(C)C3CCCCC3)c(=O)c12. The van der Waals surface area contributed by atoms with Crippen LogP contribution in [0, 0.1) is 6.92 Å². The molecule has 31 heavy (non-hydrogen) atoms. The van der Waals surface area contributed by atoms with Crippen molar-refractivity contribution in [2.24, 2.45) is 0 Å². The molecule has 3 aromatic rings. The van der Waals surface area contributed by atoms with Crippen LogP contribution in [0.25, 0.3) is 10.2 Å². The summed E-state index contributed by atoms with van der Waals surface area (Å²) in [6.07, 6.45) is 6.92. The van der Waals surface area contributed by atoms with E-state index >= 15 is 0 Å². The van der Waals surface area contributed by atoms with Gasteiger partial charge in [-0.3, -0.25) is 19.0 Å². The minimum Gasteiger partial charge on any atom is -0.341 e. The van der Waals surface area contributed by atoms with Gasteiger partial charge in [0, 0.05) is 18.8 Å². The van der Waals surface area contributed by atoms with Gasteiger partial charge in [-0.05, 0) is 37.5 Å². The predicted molar refractivity (Wildman–Crippen MR) is 123 cm³/mol. The summed E-state index contributed by atoms with van der Waals surface area (Å²) in [7, 11) is 1.82. The Kier molecular flexibility index (Phi) is 6.18. The summed E-state index contributed by atoms with van der Waals surface area (Å²) in [5, 5.41) is 3.25. The van der Waals surface area contributed by atoms with Crippen molar-refractivity contribution in [2.45, 2.75) is 51.6 Å². The van der Waals surface area contributed by atoms with Crippen LogP contribution in [0.4, 0.5) is 5.69 Å². The fraction of sp³-hybridized carbons (Fsp3) is 0.391. The first-order chi connectivity index (χ1) is 15.0. The third-order valence-electron chi connectivity index (χ3n) is 5.98. The maximum absolute atomic E-state index is 13.1. The molecule has 1 N–H and O–H groups in total. The molecule has 1 aliphatic rings. The Morgan fingerprint density at radius 2 is 1.90 bits per heavy atom. The van der Waals surface area contributed by atoms with Crippen molar-refractivity contribution < 1.29 is 9.59 Å². The number of hydrogen-bond donors (Lipinski definition) is 1. The van der Waals surface area contributed by atoms with Gasteiger partial charge in [0.05, 0.1) is 16.6 Å². The van der Waals surface area contributed by atoms with Crippen molar-refractivity contribution in [2.75, 3.05) is 12.4 Å². The summed E-state index contributed by atoms with van der Waals surface area (Å²) in [5.41, 5.74) is 0.988. The van der Waals surface area contributed by atoms with E-state index in [2.05, 4.69) is 10.3 Å². The number of likely N-dealkylation sites (N-methyl/N-ethyl adjacent to an activating group) is 1. The molecule has 0 bridgehead atoms. The number of nitrogens with one attached hydrogen (secondary N) is 1. The Labute approximate surface area is 184 Å². The molecule has 4 rings (SSSR count).